The fraction of sp³-hybridized carbons (Fsp3) is 0.280. The molecular weight excluding hydrogens is 479 g/mol. The first-order chi connectivity index (χ1) is 16.5. The van der Waals surface area contributed by atoms with Crippen molar-refractivity contribution in [1.82, 2.24) is 10.2 Å². The van der Waals surface area contributed by atoms with Crippen LogP contribution in [0, 0.1) is 5.82 Å². The van der Waals surface area contributed by atoms with Crippen LogP contribution in [0.5, 0.6) is 0 Å². The summed E-state index contributed by atoms with van der Waals surface area (Å²) in [6, 6.07) is 9.09. The molecule has 2 atom stereocenters. The Balaban J connectivity index is 1.68. The third-order valence-corrected chi connectivity index (χ3v) is 6.97. The zero-order chi connectivity index (χ0) is 25.5. The van der Waals surface area contributed by atoms with Crippen LogP contribution in [0.4, 0.5) is 13.2 Å². The average molecular weight is 504 g/mol. The number of hydrogen-bond donors (Lipinski definition) is 1. The highest BCUT2D eigenvalue weighted by Gasteiger charge is 2.32. The molecule has 0 fully saturated rings. The maximum absolute atomic E-state index is 14.6. The van der Waals surface area contributed by atoms with E-state index in [2.05, 4.69) is 10.3 Å². The van der Waals surface area contributed by atoms with E-state index in [0.29, 0.717) is 23.5 Å². The molecule has 2 aromatic rings. The molecule has 2 aliphatic rings. The topological polar surface area (TPSA) is 78.8 Å². The van der Waals surface area contributed by atoms with Gasteiger partial charge in [0.15, 0.2) is 9.84 Å². The van der Waals surface area contributed by atoms with E-state index in [9.17, 15) is 26.4 Å². The number of benzene rings is 2. The number of hydrogen-bond acceptors (Lipinski definition) is 5. The number of carbonyl (C=O) groups is 1. The molecule has 0 bridgehead atoms. The first-order valence-electron chi connectivity index (χ1n) is 10.9. The zero-order valence-corrected chi connectivity index (χ0v) is 20.1. The van der Waals surface area contributed by atoms with Crippen molar-refractivity contribution < 1.29 is 26.4 Å². The fourth-order valence-electron chi connectivity index (χ4n) is 4.11. The first-order valence-corrected chi connectivity index (χ1v) is 12.8. The van der Waals surface area contributed by atoms with Crippen LogP contribution in [0.1, 0.15) is 43.0 Å². The molecule has 10 heteroatoms. The standard InChI is InChI=1S/C25H24F3N3O3S/c1-14-12-31-13-17(16-6-4-7-18(10-16)35(3,33)34)11-21(24(31)29-14)25(32)30-15(2)19-8-5-9-20(22(19)26)23(27)28/h4-11,13-15,23H,12H2,1-3H3,(H,30,32)/t14-,15-/m1/s1. The number of fused-ring (bicyclic) bond motifs is 1. The van der Waals surface area contributed by atoms with Gasteiger partial charge in [-0.05, 0) is 43.2 Å². The van der Waals surface area contributed by atoms with Crippen molar-refractivity contribution in [2.75, 3.05) is 12.8 Å². The van der Waals surface area contributed by atoms with Gasteiger partial charge in [-0.2, -0.15) is 0 Å². The molecule has 35 heavy (non-hydrogen) atoms. The molecule has 1 N–H and O–H groups in total. The predicted molar refractivity (Wildman–Crippen MR) is 127 cm³/mol. The van der Waals surface area contributed by atoms with Crippen LogP contribution in [-0.4, -0.2) is 43.9 Å². The van der Waals surface area contributed by atoms with Gasteiger partial charge in [-0.1, -0.05) is 30.3 Å². The highest BCUT2D eigenvalue weighted by atomic mass is 32.2. The van der Waals surface area contributed by atoms with Gasteiger partial charge in [-0.3, -0.25) is 9.79 Å². The van der Waals surface area contributed by atoms with Crippen LogP contribution in [0.2, 0.25) is 0 Å². The molecule has 2 aromatic carbocycles. The van der Waals surface area contributed by atoms with Gasteiger partial charge >= 0.3 is 0 Å². The summed E-state index contributed by atoms with van der Waals surface area (Å²) in [4.78, 5) is 19.8. The van der Waals surface area contributed by atoms with Crippen LogP contribution in [0.15, 0.2) is 70.2 Å². The van der Waals surface area contributed by atoms with E-state index in [4.69, 9.17) is 0 Å². The lowest BCUT2D eigenvalue weighted by Gasteiger charge is -2.25. The molecule has 4 rings (SSSR count). The second-order valence-electron chi connectivity index (χ2n) is 8.64. The lowest BCUT2D eigenvalue weighted by molar-refractivity contribution is -0.117. The van der Waals surface area contributed by atoms with Crippen LogP contribution < -0.4 is 5.32 Å². The van der Waals surface area contributed by atoms with E-state index in [1.54, 1.807) is 24.4 Å². The largest absolute Gasteiger partial charge is 0.345 e. The number of nitrogens with one attached hydrogen (secondary N) is 1. The molecule has 0 aliphatic carbocycles. The summed E-state index contributed by atoms with van der Waals surface area (Å²) in [5.74, 6) is -1.17. The number of carbonyl (C=O) groups excluding carboxylic acids is 1. The Bertz CT molecular complexity index is 1380. The van der Waals surface area contributed by atoms with E-state index in [1.807, 2.05) is 11.8 Å². The quantitative estimate of drug-likeness (QED) is 0.633. The smallest absolute Gasteiger partial charge is 0.266 e. The second-order valence-corrected chi connectivity index (χ2v) is 10.7. The molecular formula is C25H24F3N3O3S. The van der Waals surface area contributed by atoms with Crippen molar-refractivity contribution in [2.24, 2.45) is 4.99 Å². The Hall–Kier alpha value is -3.40. The number of amidine groups is 1. The normalized spacial score (nSPS) is 18.5. The van der Waals surface area contributed by atoms with Gasteiger partial charge < -0.3 is 10.2 Å². The summed E-state index contributed by atoms with van der Waals surface area (Å²) in [7, 11) is -3.43. The SMILES string of the molecule is C[C@@H]1CN2C=C(c3cccc(S(C)(=O)=O)c3)C=C(C(=O)N[C@H](C)c3cccc(C(F)F)c3F)C2=N1. The van der Waals surface area contributed by atoms with Gasteiger partial charge in [0.2, 0.25) is 0 Å². The van der Waals surface area contributed by atoms with Crippen LogP contribution in [0.25, 0.3) is 5.57 Å². The second kappa shape index (κ2) is 9.33. The molecule has 2 aliphatic heterocycles. The number of amides is 1. The fourth-order valence-corrected chi connectivity index (χ4v) is 4.78. The van der Waals surface area contributed by atoms with Crippen molar-refractivity contribution in [3.63, 3.8) is 0 Å². The molecule has 1 amide bonds. The number of halogens is 3. The van der Waals surface area contributed by atoms with Crippen molar-refractivity contribution in [3.8, 4) is 0 Å². The van der Waals surface area contributed by atoms with E-state index < -0.39 is 39.6 Å². The van der Waals surface area contributed by atoms with Gasteiger partial charge in [0.05, 0.1) is 28.1 Å². The van der Waals surface area contributed by atoms with Gasteiger partial charge in [-0.25, -0.2) is 21.6 Å². The minimum atomic E-state index is -3.43. The Labute approximate surface area is 201 Å². The molecule has 0 spiro atoms. The van der Waals surface area contributed by atoms with Crippen molar-refractivity contribution >= 4 is 27.2 Å². The third-order valence-electron chi connectivity index (χ3n) is 5.86. The maximum Gasteiger partial charge on any atom is 0.266 e. The molecule has 0 saturated heterocycles. The maximum atomic E-state index is 14.6. The van der Waals surface area contributed by atoms with E-state index in [1.165, 1.54) is 31.2 Å². The molecule has 6 nitrogen and oxygen atoms in total. The monoisotopic (exact) mass is 503 g/mol. The van der Waals surface area contributed by atoms with E-state index in [-0.39, 0.29) is 22.1 Å². The first kappa shape index (κ1) is 24.7. The van der Waals surface area contributed by atoms with Gasteiger partial charge in [0.25, 0.3) is 12.3 Å². The molecule has 184 valence electrons. The lowest BCUT2D eigenvalue weighted by atomic mass is 9.98. The predicted octanol–water partition coefficient (Wildman–Crippen LogP) is 4.43. The highest BCUT2D eigenvalue weighted by Crippen LogP contribution is 2.31. The van der Waals surface area contributed by atoms with Gasteiger partial charge in [0, 0.05) is 24.6 Å². The number of aliphatic imine (C=N–C) groups is 1. The van der Waals surface area contributed by atoms with Gasteiger partial charge in [-0.15, -0.1) is 0 Å². The number of sulfone groups is 1. The Morgan fingerprint density at radius 2 is 1.86 bits per heavy atom. The van der Waals surface area contributed by atoms with Crippen molar-refractivity contribution in [3.05, 3.63) is 82.8 Å². The summed E-state index contributed by atoms with van der Waals surface area (Å²) < 4.78 is 64.9. The summed E-state index contributed by atoms with van der Waals surface area (Å²) in [6.45, 7) is 3.93. The Morgan fingerprint density at radius 1 is 1.17 bits per heavy atom. The average Bonchev–Trinajstić information content (AvgIpc) is 3.17. The highest BCUT2D eigenvalue weighted by molar-refractivity contribution is 7.90. The van der Waals surface area contributed by atoms with E-state index in [0.717, 1.165) is 12.3 Å². The Morgan fingerprint density at radius 3 is 2.54 bits per heavy atom. The van der Waals surface area contributed by atoms with E-state index >= 15 is 0 Å². The number of nitrogens with zero attached hydrogens (tertiary/aromatic N) is 2. The third kappa shape index (κ3) is 5.02. The van der Waals surface area contributed by atoms with Gasteiger partial charge in [0.1, 0.15) is 11.7 Å². The van der Waals surface area contributed by atoms with Crippen LogP contribution in [-0.2, 0) is 14.6 Å². The van der Waals surface area contributed by atoms with Crippen molar-refractivity contribution in [1.29, 1.82) is 0 Å². The Kier molecular flexibility index (Phi) is 6.59. The summed E-state index contributed by atoms with van der Waals surface area (Å²) in [5.41, 5.74) is 0.640. The minimum Gasteiger partial charge on any atom is -0.345 e. The molecule has 0 saturated carbocycles. The van der Waals surface area contributed by atoms with Crippen LogP contribution >= 0.6 is 0 Å². The number of rotatable bonds is 6. The zero-order valence-electron chi connectivity index (χ0n) is 19.3. The van der Waals surface area contributed by atoms with Crippen molar-refractivity contribution in [2.45, 2.75) is 37.3 Å². The molecule has 0 unspecified atom stereocenters. The lowest BCUT2D eigenvalue weighted by Crippen LogP contribution is -2.37. The minimum absolute atomic E-state index is 0.0530. The number of alkyl halides is 2. The molecule has 2 heterocycles. The molecule has 0 radical (unpaired) electrons. The summed E-state index contributed by atoms with van der Waals surface area (Å²) in [5, 5.41) is 2.69. The van der Waals surface area contributed by atoms with Crippen LogP contribution in [0.3, 0.4) is 0 Å². The summed E-state index contributed by atoms with van der Waals surface area (Å²) >= 11 is 0. The number of allylic oxidation sites excluding steroid dienone is 2. The molecule has 0 aromatic heterocycles. The summed E-state index contributed by atoms with van der Waals surface area (Å²) in [6.07, 6.45) is 1.54.